The number of pyridine rings is 1. The van der Waals surface area contributed by atoms with Crippen molar-refractivity contribution in [3.05, 3.63) is 24.5 Å². The lowest BCUT2D eigenvalue weighted by molar-refractivity contribution is 0.210. The summed E-state index contributed by atoms with van der Waals surface area (Å²) in [6.07, 6.45) is 2.10. The molecule has 0 bridgehead atoms. The second-order valence-electron chi connectivity index (χ2n) is 2.53. The molecule has 0 radical (unpaired) electrons. The minimum Gasteiger partial charge on any atom is -0.465 e. The predicted octanol–water partition coefficient (Wildman–Crippen LogP) is 1.65. The van der Waals surface area contributed by atoms with E-state index in [1.165, 1.54) is 0 Å². The van der Waals surface area contributed by atoms with Gasteiger partial charge in [0.15, 0.2) is 0 Å². The Kier molecular flexibility index (Phi) is 1.63. The SMILES string of the molecule is O=C(O)Nc1c[nH]c2cccnc12. The highest BCUT2D eigenvalue weighted by Crippen LogP contribution is 2.19. The van der Waals surface area contributed by atoms with E-state index in [2.05, 4.69) is 15.3 Å². The molecule has 2 aromatic heterocycles. The number of hydrogen-bond acceptors (Lipinski definition) is 2. The van der Waals surface area contributed by atoms with E-state index in [0.29, 0.717) is 11.2 Å². The number of aromatic amines is 1. The number of H-pyrrole nitrogens is 1. The number of nitrogens with zero attached hydrogens (tertiary/aromatic N) is 1. The van der Waals surface area contributed by atoms with Crippen LogP contribution in [0.4, 0.5) is 10.5 Å². The third-order valence-electron chi connectivity index (χ3n) is 1.68. The van der Waals surface area contributed by atoms with E-state index in [1.54, 1.807) is 18.5 Å². The van der Waals surface area contributed by atoms with Crippen molar-refractivity contribution in [3.63, 3.8) is 0 Å². The van der Waals surface area contributed by atoms with Gasteiger partial charge in [0.2, 0.25) is 0 Å². The first-order chi connectivity index (χ1) is 6.27. The van der Waals surface area contributed by atoms with Crippen LogP contribution in [0.25, 0.3) is 11.0 Å². The normalized spacial score (nSPS) is 10.2. The molecule has 13 heavy (non-hydrogen) atoms. The second-order valence-corrected chi connectivity index (χ2v) is 2.53. The molecule has 0 unspecified atom stereocenters. The van der Waals surface area contributed by atoms with Gasteiger partial charge in [-0.05, 0) is 12.1 Å². The molecule has 0 saturated carbocycles. The number of carboxylic acid groups (broad SMARTS) is 1. The zero-order chi connectivity index (χ0) is 9.26. The minimum absolute atomic E-state index is 0.475. The predicted molar refractivity (Wildman–Crippen MR) is 47.7 cm³/mol. The molecule has 2 rings (SSSR count). The number of amides is 1. The van der Waals surface area contributed by atoms with Gasteiger partial charge in [-0.25, -0.2) is 4.79 Å². The lowest BCUT2D eigenvalue weighted by atomic mass is 10.3. The third-order valence-corrected chi connectivity index (χ3v) is 1.68. The van der Waals surface area contributed by atoms with E-state index >= 15 is 0 Å². The van der Waals surface area contributed by atoms with E-state index < -0.39 is 6.09 Å². The molecule has 2 aromatic rings. The first kappa shape index (κ1) is 7.60. The van der Waals surface area contributed by atoms with Gasteiger partial charge in [0.1, 0.15) is 5.52 Å². The average Bonchev–Trinajstić information content (AvgIpc) is 2.48. The largest absolute Gasteiger partial charge is 0.465 e. The molecule has 2 heterocycles. The maximum atomic E-state index is 10.4. The first-order valence-corrected chi connectivity index (χ1v) is 3.69. The number of carbonyl (C=O) groups is 1. The van der Waals surface area contributed by atoms with Crippen LogP contribution in [0.3, 0.4) is 0 Å². The van der Waals surface area contributed by atoms with Gasteiger partial charge in [0.05, 0.1) is 11.2 Å². The monoisotopic (exact) mass is 177 g/mol. The Morgan fingerprint density at radius 2 is 2.46 bits per heavy atom. The van der Waals surface area contributed by atoms with E-state index in [1.807, 2.05) is 6.07 Å². The number of anilines is 1. The van der Waals surface area contributed by atoms with Crippen LogP contribution in [0.1, 0.15) is 0 Å². The zero-order valence-corrected chi connectivity index (χ0v) is 6.61. The maximum Gasteiger partial charge on any atom is 0.409 e. The first-order valence-electron chi connectivity index (χ1n) is 3.69. The minimum atomic E-state index is -1.09. The summed E-state index contributed by atoms with van der Waals surface area (Å²) in [7, 11) is 0. The Balaban J connectivity index is 2.51. The molecule has 0 aliphatic heterocycles. The van der Waals surface area contributed by atoms with E-state index in [9.17, 15) is 4.79 Å². The second kappa shape index (κ2) is 2.78. The van der Waals surface area contributed by atoms with Crippen LogP contribution < -0.4 is 5.32 Å². The highest BCUT2D eigenvalue weighted by Gasteiger charge is 2.05. The molecule has 0 aliphatic carbocycles. The lowest BCUT2D eigenvalue weighted by Crippen LogP contribution is -2.06. The summed E-state index contributed by atoms with van der Waals surface area (Å²) in [6.45, 7) is 0. The van der Waals surface area contributed by atoms with Gasteiger partial charge < -0.3 is 10.1 Å². The molecule has 0 saturated heterocycles. The fourth-order valence-electron chi connectivity index (χ4n) is 1.17. The molecule has 0 fully saturated rings. The average molecular weight is 177 g/mol. The van der Waals surface area contributed by atoms with Gasteiger partial charge in [0.25, 0.3) is 0 Å². The molecule has 0 aromatic carbocycles. The van der Waals surface area contributed by atoms with Crippen molar-refractivity contribution < 1.29 is 9.90 Å². The van der Waals surface area contributed by atoms with Gasteiger partial charge >= 0.3 is 6.09 Å². The molecule has 0 aliphatic rings. The van der Waals surface area contributed by atoms with Crippen LogP contribution in [-0.2, 0) is 0 Å². The smallest absolute Gasteiger partial charge is 0.409 e. The highest BCUT2D eigenvalue weighted by atomic mass is 16.4. The summed E-state index contributed by atoms with van der Waals surface area (Å²) in [5.74, 6) is 0. The van der Waals surface area contributed by atoms with Crippen LogP contribution in [0.2, 0.25) is 0 Å². The summed E-state index contributed by atoms with van der Waals surface area (Å²) in [4.78, 5) is 17.3. The highest BCUT2D eigenvalue weighted by molar-refractivity contribution is 5.96. The number of aromatic nitrogens is 2. The summed E-state index contributed by atoms with van der Waals surface area (Å²) in [6, 6.07) is 3.61. The van der Waals surface area contributed by atoms with Crippen molar-refractivity contribution in [1.82, 2.24) is 9.97 Å². The van der Waals surface area contributed by atoms with E-state index in [4.69, 9.17) is 5.11 Å². The molecule has 66 valence electrons. The maximum absolute atomic E-state index is 10.4. The number of hydrogen-bond donors (Lipinski definition) is 3. The van der Waals surface area contributed by atoms with Crippen LogP contribution in [0.5, 0.6) is 0 Å². The van der Waals surface area contributed by atoms with Crippen LogP contribution >= 0.6 is 0 Å². The summed E-state index contributed by atoms with van der Waals surface area (Å²) < 4.78 is 0. The molecular formula is C8H7N3O2. The number of rotatable bonds is 1. The van der Waals surface area contributed by atoms with Crippen molar-refractivity contribution in [2.24, 2.45) is 0 Å². The third kappa shape index (κ3) is 1.31. The Labute approximate surface area is 73.4 Å². The van der Waals surface area contributed by atoms with Crippen molar-refractivity contribution in [2.75, 3.05) is 5.32 Å². The molecule has 5 heteroatoms. The van der Waals surface area contributed by atoms with Crippen molar-refractivity contribution >= 4 is 22.8 Å². The fraction of sp³-hybridized carbons (Fsp3) is 0. The zero-order valence-electron chi connectivity index (χ0n) is 6.61. The molecule has 5 nitrogen and oxygen atoms in total. The van der Waals surface area contributed by atoms with Gasteiger partial charge in [0, 0.05) is 12.4 Å². The topological polar surface area (TPSA) is 78.0 Å². The van der Waals surface area contributed by atoms with E-state index in [0.717, 1.165) is 5.52 Å². The number of nitrogens with one attached hydrogen (secondary N) is 2. The van der Waals surface area contributed by atoms with Gasteiger partial charge in [-0.2, -0.15) is 0 Å². The standard InChI is InChI=1S/C8H7N3O2/c12-8(13)11-6-4-10-5-2-1-3-9-7(5)6/h1-4,10-11H,(H,12,13). The van der Waals surface area contributed by atoms with Crippen LogP contribution in [0, 0.1) is 0 Å². The Morgan fingerprint density at radius 3 is 3.23 bits per heavy atom. The van der Waals surface area contributed by atoms with Gasteiger partial charge in [-0.1, -0.05) is 0 Å². The molecule has 1 amide bonds. The summed E-state index contributed by atoms with van der Waals surface area (Å²) >= 11 is 0. The Morgan fingerprint density at radius 1 is 1.62 bits per heavy atom. The molecule has 3 N–H and O–H groups in total. The van der Waals surface area contributed by atoms with Crippen molar-refractivity contribution in [2.45, 2.75) is 0 Å². The Hall–Kier alpha value is -2.04. The van der Waals surface area contributed by atoms with Crippen molar-refractivity contribution in [3.8, 4) is 0 Å². The quantitative estimate of drug-likeness (QED) is 0.619. The van der Waals surface area contributed by atoms with Crippen LogP contribution in [0.15, 0.2) is 24.5 Å². The summed E-state index contributed by atoms with van der Waals surface area (Å²) in [5.41, 5.74) is 1.92. The fourth-order valence-corrected chi connectivity index (χ4v) is 1.17. The molecule has 0 atom stereocenters. The molecular weight excluding hydrogens is 170 g/mol. The van der Waals surface area contributed by atoms with Gasteiger partial charge in [-0.3, -0.25) is 10.3 Å². The number of fused-ring (bicyclic) bond motifs is 1. The lowest BCUT2D eigenvalue weighted by Gasteiger charge is -1.95. The van der Waals surface area contributed by atoms with E-state index in [-0.39, 0.29) is 0 Å². The Bertz CT molecular complexity index is 449. The van der Waals surface area contributed by atoms with Crippen molar-refractivity contribution in [1.29, 1.82) is 0 Å². The summed E-state index contributed by atoms with van der Waals surface area (Å²) in [5, 5.41) is 10.7. The molecule has 0 spiro atoms. The van der Waals surface area contributed by atoms with Crippen LogP contribution in [-0.4, -0.2) is 21.2 Å². The van der Waals surface area contributed by atoms with Gasteiger partial charge in [-0.15, -0.1) is 0 Å².